The summed E-state index contributed by atoms with van der Waals surface area (Å²) in [7, 11) is 3.42. The standard InChI is InChI=1S/C12H16FN3O3/c1-14-6-3-7-15(2)12(17)9-4-5-10(13)11(8-9)16(18)19/h4-5,8,14H,3,6-7H2,1-2H3. The van der Waals surface area contributed by atoms with Crippen molar-refractivity contribution in [3.63, 3.8) is 0 Å². The number of nitrogens with one attached hydrogen (secondary N) is 1. The molecule has 0 aromatic heterocycles. The number of nitro benzene ring substituents is 1. The maximum Gasteiger partial charge on any atom is 0.305 e. The summed E-state index contributed by atoms with van der Waals surface area (Å²) in [5.41, 5.74) is -0.575. The molecular formula is C12H16FN3O3. The van der Waals surface area contributed by atoms with E-state index in [1.807, 2.05) is 7.05 Å². The summed E-state index contributed by atoms with van der Waals surface area (Å²) in [5.74, 6) is -1.31. The monoisotopic (exact) mass is 269 g/mol. The van der Waals surface area contributed by atoms with Crippen LogP contribution >= 0.6 is 0 Å². The molecule has 1 amide bonds. The fraction of sp³-hybridized carbons (Fsp3) is 0.417. The summed E-state index contributed by atoms with van der Waals surface area (Å²) in [6.07, 6.45) is 0.766. The van der Waals surface area contributed by atoms with Crippen molar-refractivity contribution in [2.45, 2.75) is 6.42 Å². The Morgan fingerprint density at radius 3 is 2.79 bits per heavy atom. The van der Waals surface area contributed by atoms with Crippen molar-refractivity contribution in [3.05, 3.63) is 39.7 Å². The van der Waals surface area contributed by atoms with Gasteiger partial charge in [0.15, 0.2) is 0 Å². The Morgan fingerprint density at radius 1 is 1.53 bits per heavy atom. The lowest BCUT2D eigenvalue weighted by molar-refractivity contribution is -0.387. The fourth-order valence-electron chi connectivity index (χ4n) is 1.60. The molecule has 0 fully saturated rings. The van der Waals surface area contributed by atoms with E-state index in [0.717, 1.165) is 25.1 Å². The number of hydrogen-bond acceptors (Lipinski definition) is 4. The van der Waals surface area contributed by atoms with Crippen LogP contribution in [0, 0.1) is 15.9 Å². The number of carbonyl (C=O) groups is 1. The Balaban J connectivity index is 2.82. The summed E-state index contributed by atoms with van der Waals surface area (Å²) < 4.78 is 13.2. The van der Waals surface area contributed by atoms with Crippen LogP contribution in [0.5, 0.6) is 0 Å². The lowest BCUT2D eigenvalue weighted by Gasteiger charge is -2.16. The quantitative estimate of drug-likeness (QED) is 0.481. The van der Waals surface area contributed by atoms with Gasteiger partial charge in [0.1, 0.15) is 0 Å². The number of benzene rings is 1. The molecule has 0 aliphatic rings. The highest BCUT2D eigenvalue weighted by atomic mass is 19.1. The second-order valence-corrected chi connectivity index (χ2v) is 4.11. The van der Waals surface area contributed by atoms with Crippen molar-refractivity contribution in [1.82, 2.24) is 10.2 Å². The van der Waals surface area contributed by atoms with Gasteiger partial charge in [-0.25, -0.2) is 0 Å². The van der Waals surface area contributed by atoms with Gasteiger partial charge >= 0.3 is 5.69 Å². The van der Waals surface area contributed by atoms with Crippen LogP contribution in [0.2, 0.25) is 0 Å². The van der Waals surface area contributed by atoms with Gasteiger partial charge in [0, 0.05) is 25.2 Å². The van der Waals surface area contributed by atoms with Crippen LogP contribution in [0.15, 0.2) is 18.2 Å². The molecule has 7 heteroatoms. The van der Waals surface area contributed by atoms with Gasteiger partial charge in [-0.1, -0.05) is 0 Å². The summed E-state index contributed by atoms with van der Waals surface area (Å²) in [6.45, 7) is 1.28. The topological polar surface area (TPSA) is 75.5 Å². The summed E-state index contributed by atoms with van der Waals surface area (Å²) in [5, 5.41) is 13.6. The van der Waals surface area contributed by atoms with Crippen LogP contribution in [0.1, 0.15) is 16.8 Å². The molecule has 0 aliphatic heterocycles. The van der Waals surface area contributed by atoms with Crippen LogP contribution in [0.4, 0.5) is 10.1 Å². The second-order valence-electron chi connectivity index (χ2n) is 4.11. The number of nitrogens with zero attached hydrogens (tertiary/aromatic N) is 2. The number of carbonyl (C=O) groups excluding carboxylic acids is 1. The molecule has 0 radical (unpaired) electrons. The Kier molecular flexibility index (Phi) is 5.37. The van der Waals surface area contributed by atoms with Gasteiger partial charge in [-0.2, -0.15) is 4.39 Å². The van der Waals surface area contributed by atoms with E-state index in [-0.39, 0.29) is 11.5 Å². The van der Waals surface area contributed by atoms with E-state index in [0.29, 0.717) is 6.54 Å². The largest absolute Gasteiger partial charge is 0.342 e. The molecule has 1 aromatic carbocycles. The molecule has 104 valence electrons. The first-order valence-corrected chi connectivity index (χ1v) is 5.81. The third-order valence-electron chi connectivity index (χ3n) is 2.66. The van der Waals surface area contributed by atoms with Gasteiger partial charge in [0.25, 0.3) is 5.91 Å². The van der Waals surface area contributed by atoms with Crippen LogP contribution in [0.25, 0.3) is 0 Å². The first-order valence-electron chi connectivity index (χ1n) is 5.81. The Morgan fingerprint density at radius 2 is 2.21 bits per heavy atom. The molecule has 0 heterocycles. The zero-order valence-electron chi connectivity index (χ0n) is 10.9. The molecule has 0 bridgehead atoms. The molecule has 6 nitrogen and oxygen atoms in total. The minimum atomic E-state index is -0.945. The van der Waals surface area contributed by atoms with Gasteiger partial charge in [-0.05, 0) is 32.1 Å². The number of hydrogen-bond donors (Lipinski definition) is 1. The Labute approximate surface area is 110 Å². The number of amides is 1. The summed E-state index contributed by atoms with van der Waals surface area (Å²) >= 11 is 0. The minimum Gasteiger partial charge on any atom is -0.342 e. The minimum absolute atomic E-state index is 0.111. The predicted molar refractivity (Wildman–Crippen MR) is 68.6 cm³/mol. The highest BCUT2D eigenvalue weighted by Crippen LogP contribution is 2.19. The SMILES string of the molecule is CNCCCN(C)C(=O)c1ccc(F)c([N+](=O)[O-])c1. The lowest BCUT2D eigenvalue weighted by atomic mass is 10.1. The van der Waals surface area contributed by atoms with E-state index in [1.165, 1.54) is 11.0 Å². The van der Waals surface area contributed by atoms with Crippen molar-refractivity contribution >= 4 is 11.6 Å². The van der Waals surface area contributed by atoms with E-state index in [9.17, 15) is 19.3 Å². The molecule has 0 unspecified atom stereocenters. The van der Waals surface area contributed by atoms with E-state index >= 15 is 0 Å². The highest BCUT2D eigenvalue weighted by molar-refractivity contribution is 5.94. The van der Waals surface area contributed by atoms with Crippen molar-refractivity contribution < 1.29 is 14.1 Å². The molecule has 0 aliphatic carbocycles. The molecule has 1 aromatic rings. The number of rotatable bonds is 6. The summed E-state index contributed by atoms with van der Waals surface area (Å²) in [6, 6.07) is 3.15. The van der Waals surface area contributed by atoms with Crippen molar-refractivity contribution in [2.75, 3.05) is 27.2 Å². The number of halogens is 1. The Hall–Kier alpha value is -2.02. The van der Waals surface area contributed by atoms with E-state index in [1.54, 1.807) is 7.05 Å². The van der Waals surface area contributed by atoms with Crippen LogP contribution in [0.3, 0.4) is 0 Å². The van der Waals surface area contributed by atoms with Crippen molar-refractivity contribution in [1.29, 1.82) is 0 Å². The molecule has 1 N–H and O–H groups in total. The Bertz CT molecular complexity index is 479. The second kappa shape index (κ2) is 6.79. The zero-order valence-corrected chi connectivity index (χ0v) is 10.9. The third kappa shape index (κ3) is 3.99. The maximum absolute atomic E-state index is 13.2. The molecule has 0 atom stereocenters. The maximum atomic E-state index is 13.2. The van der Waals surface area contributed by atoms with Gasteiger partial charge in [-0.15, -0.1) is 0 Å². The van der Waals surface area contributed by atoms with Gasteiger partial charge in [0.2, 0.25) is 5.82 Å². The normalized spacial score (nSPS) is 10.3. The smallest absolute Gasteiger partial charge is 0.305 e. The van der Waals surface area contributed by atoms with E-state index in [2.05, 4.69) is 5.32 Å². The third-order valence-corrected chi connectivity index (χ3v) is 2.66. The van der Waals surface area contributed by atoms with Crippen LogP contribution < -0.4 is 5.32 Å². The van der Waals surface area contributed by atoms with E-state index in [4.69, 9.17) is 0 Å². The molecule has 0 saturated heterocycles. The van der Waals surface area contributed by atoms with Crippen LogP contribution in [-0.4, -0.2) is 42.9 Å². The van der Waals surface area contributed by atoms with Crippen molar-refractivity contribution in [3.8, 4) is 0 Å². The van der Waals surface area contributed by atoms with E-state index < -0.39 is 16.4 Å². The first-order chi connectivity index (χ1) is 8.97. The van der Waals surface area contributed by atoms with Gasteiger partial charge in [0.05, 0.1) is 4.92 Å². The molecule has 0 spiro atoms. The predicted octanol–water partition coefficient (Wildman–Crippen LogP) is 1.42. The average Bonchev–Trinajstić information content (AvgIpc) is 2.38. The fourth-order valence-corrected chi connectivity index (χ4v) is 1.60. The number of nitro groups is 1. The van der Waals surface area contributed by atoms with Gasteiger partial charge < -0.3 is 10.2 Å². The van der Waals surface area contributed by atoms with Crippen molar-refractivity contribution in [2.24, 2.45) is 0 Å². The lowest BCUT2D eigenvalue weighted by Crippen LogP contribution is -2.29. The first kappa shape index (κ1) is 15.0. The van der Waals surface area contributed by atoms with Gasteiger partial charge in [-0.3, -0.25) is 14.9 Å². The summed E-state index contributed by atoms with van der Waals surface area (Å²) in [4.78, 5) is 23.2. The molecule has 1 rings (SSSR count). The zero-order chi connectivity index (χ0) is 14.4. The molecule has 19 heavy (non-hydrogen) atoms. The highest BCUT2D eigenvalue weighted by Gasteiger charge is 2.19. The van der Waals surface area contributed by atoms with Crippen LogP contribution in [-0.2, 0) is 0 Å². The molecular weight excluding hydrogens is 253 g/mol. The molecule has 0 saturated carbocycles. The average molecular weight is 269 g/mol.